The third kappa shape index (κ3) is 3.05. The smallest absolute Gasteiger partial charge is 0.300 e. The second-order valence-electron chi connectivity index (χ2n) is 7.03. The van der Waals surface area contributed by atoms with Crippen LogP contribution < -0.4 is 5.84 Å². The molecule has 5 heterocycles. The van der Waals surface area contributed by atoms with E-state index in [1.807, 2.05) is 25.3 Å². The minimum Gasteiger partial charge on any atom is -0.461 e. The fourth-order valence-corrected chi connectivity index (χ4v) is 3.47. The second-order valence-corrected chi connectivity index (χ2v) is 7.03. The first-order chi connectivity index (χ1) is 13.6. The first-order valence-electron chi connectivity index (χ1n) is 9.11. The van der Waals surface area contributed by atoms with Crippen molar-refractivity contribution < 1.29 is 13.6 Å². The van der Waals surface area contributed by atoms with E-state index in [4.69, 9.17) is 14.8 Å². The van der Waals surface area contributed by atoms with Crippen molar-refractivity contribution >= 4 is 17.9 Å². The monoisotopic (exact) mass is 378 g/mol. The number of nitrogens with zero attached hydrogens (tertiary/aromatic N) is 6. The molecule has 3 aliphatic heterocycles. The number of nitrogens with two attached hydrogens (primary N) is 1. The molecule has 0 aromatic carbocycles. The third-order valence-electron chi connectivity index (χ3n) is 4.91. The summed E-state index contributed by atoms with van der Waals surface area (Å²) in [5.74, 6) is 8.90. The number of allylic oxidation sites excluding steroid dienone is 1. The van der Waals surface area contributed by atoms with E-state index in [0.29, 0.717) is 17.4 Å². The lowest BCUT2D eigenvalue weighted by Gasteiger charge is -2.27. The van der Waals surface area contributed by atoms with Crippen LogP contribution in [0.2, 0.25) is 0 Å². The fourth-order valence-electron chi connectivity index (χ4n) is 3.47. The molecule has 0 saturated carbocycles. The highest BCUT2D eigenvalue weighted by atomic mass is 16.5. The van der Waals surface area contributed by atoms with Gasteiger partial charge in [-0.15, -0.1) is 5.84 Å². The second kappa shape index (κ2) is 6.48. The van der Waals surface area contributed by atoms with E-state index in [1.165, 1.54) is 0 Å². The van der Waals surface area contributed by atoms with E-state index in [0.717, 1.165) is 48.8 Å². The zero-order chi connectivity index (χ0) is 19.1. The Hall–Kier alpha value is -3.14. The van der Waals surface area contributed by atoms with Gasteiger partial charge in [-0.2, -0.15) is 4.99 Å². The maximum absolute atomic E-state index is 6.44. The van der Waals surface area contributed by atoms with Crippen LogP contribution in [0.3, 0.4) is 0 Å². The van der Waals surface area contributed by atoms with Crippen molar-refractivity contribution in [3.63, 3.8) is 0 Å². The Morgan fingerprint density at radius 3 is 3.00 bits per heavy atom. The van der Waals surface area contributed by atoms with Gasteiger partial charge in [0.25, 0.3) is 11.7 Å². The van der Waals surface area contributed by atoms with Crippen molar-refractivity contribution in [1.82, 2.24) is 10.1 Å². The molecule has 9 heteroatoms. The van der Waals surface area contributed by atoms with Crippen LogP contribution >= 0.6 is 0 Å². The number of quaternary nitrogens is 1. The summed E-state index contributed by atoms with van der Waals surface area (Å²) in [6.07, 6.45) is 8.16. The summed E-state index contributed by atoms with van der Waals surface area (Å²) in [6, 6.07) is 5.58. The van der Waals surface area contributed by atoms with Gasteiger partial charge in [0.2, 0.25) is 0 Å². The minimum absolute atomic E-state index is 0.242. The van der Waals surface area contributed by atoms with Crippen molar-refractivity contribution in [3.8, 4) is 0 Å². The molecule has 2 aromatic rings. The Morgan fingerprint density at radius 1 is 1.36 bits per heavy atom. The van der Waals surface area contributed by atoms with Crippen molar-refractivity contribution in [2.45, 2.75) is 19.9 Å². The van der Waals surface area contributed by atoms with Gasteiger partial charge in [-0.05, 0) is 40.9 Å². The average molecular weight is 378 g/mol. The van der Waals surface area contributed by atoms with Gasteiger partial charge in [0, 0.05) is 25.7 Å². The SMILES string of the molecule is Cc1cc(CN2CC=C(C3=C[N+]4(N)N=C(c5ccco5)N=C4C=N3)CC2)no1. The molecule has 5 rings (SSSR count). The normalized spacial score (nSPS) is 24.5. The zero-order valence-electron chi connectivity index (χ0n) is 15.4. The van der Waals surface area contributed by atoms with Crippen LogP contribution in [0.15, 0.2) is 72.0 Å². The van der Waals surface area contributed by atoms with Crippen LogP contribution in [0.1, 0.15) is 23.6 Å². The Morgan fingerprint density at radius 2 is 2.29 bits per heavy atom. The number of amidine groups is 2. The molecule has 0 fully saturated rings. The number of rotatable bonds is 4. The van der Waals surface area contributed by atoms with E-state index in [-0.39, 0.29) is 4.70 Å². The maximum Gasteiger partial charge on any atom is 0.300 e. The minimum atomic E-state index is -0.242. The molecule has 1 unspecified atom stereocenters. The van der Waals surface area contributed by atoms with Crippen LogP contribution in [0.5, 0.6) is 0 Å². The number of aryl methyl sites for hydroxylation is 1. The van der Waals surface area contributed by atoms with Crippen molar-refractivity contribution in [3.05, 3.63) is 65.2 Å². The average Bonchev–Trinajstić information content (AvgIpc) is 3.41. The molecule has 28 heavy (non-hydrogen) atoms. The highest BCUT2D eigenvalue weighted by Gasteiger charge is 2.40. The number of aromatic nitrogens is 1. The van der Waals surface area contributed by atoms with Crippen LogP contribution in [-0.2, 0) is 6.54 Å². The summed E-state index contributed by atoms with van der Waals surface area (Å²) in [6.45, 7) is 4.41. The van der Waals surface area contributed by atoms with Crippen LogP contribution in [0, 0.1) is 6.92 Å². The number of hydrogen-bond acceptors (Lipinski definition) is 8. The number of fused-ring (bicyclic) bond motifs is 1. The molecule has 3 aliphatic rings. The van der Waals surface area contributed by atoms with Crippen LogP contribution in [0.4, 0.5) is 0 Å². The maximum atomic E-state index is 6.44. The van der Waals surface area contributed by atoms with E-state index in [2.05, 4.69) is 31.2 Å². The van der Waals surface area contributed by atoms with Gasteiger partial charge in [-0.1, -0.05) is 11.2 Å². The summed E-state index contributed by atoms with van der Waals surface area (Å²) in [5, 5.41) is 8.58. The lowest BCUT2D eigenvalue weighted by Crippen LogP contribution is -2.50. The molecule has 0 amide bonds. The molecule has 0 spiro atoms. The largest absolute Gasteiger partial charge is 0.461 e. The van der Waals surface area contributed by atoms with Gasteiger partial charge in [-0.3, -0.25) is 4.90 Å². The highest BCUT2D eigenvalue weighted by Crippen LogP contribution is 2.27. The molecule has 2 aromatic heterocycles. The van der Waals surface area contributed by atoms with Crippen LogP contribution in [0.25, 0.3) is 0 Å². The van der Waals surface area contributed by atoms with Crippen LogP contribution in [-0.4, -0.2) is 45.7 Å². The van der Waals surface area contributed by atoms with E-state index >= 15 is 0 Å². The molecule has 2 N–H and O–H groups in total. The zero-order valence-corrected chi connectivity index (χ0v) is 15.4. The predicted molar refractivity (Wildman–Crippen MR) is 103 cm³/mol. The van der Waals surface area contributed by atoms with Crippen molar-refractivity contribution in [2.24, 2.45) is 20.9 Å². The highest BCUT2D eigenvalue weighted by molar-refractivity contribution is 6.31. The molecular weight excluding hydrogens is 358 g/mol. The lowest BCUT2D eigenvalue weighted by atomic mass is 10.0. The molecule has 1 atom stereocenters. The topological polar surface area (TPSA) is 106 Å². The Labute approximate surface area is 161 Å². The number of furan rings is 1. The van der Waals surface area contributed by atoms with E-state index < -0.39 is 0 Å². The summed E-state index contributed by atoms with van der Waals surface area (Å²) < 4.78 is 10.3. The summed E-state index contributed by atoms with van der Waals surface area (Å²) in [4.78, 5) is 11.3. The molecule has 0 bridgehead atoms. The fraction of sp³-hybridized carbons (Fsp3) is 0.263. The number of hydrogen-bond donors (Lipinski definition) is 1. The summed E-state index contributed by atoms with van der Waals surface area (Å²) in [5.41, 5.74) is 2.95. The molecule has 0 saturated heterocycles. The van der Waals surface area contributed by atoms with E-state index in [1.54, 1.807) is 18.5 Å². The van der Waals surface area contributed by atoms with Gasteiger partial charge in [0.1, 0.15) is 17.7 Å². The molecular formula is C19H20N7O2+. The molecule has 9 nitrogen and oxygen atoms in total. The van der Waals surface area contributed by atoms with Gasteiger partial charge >= 0.3 is 0 Å². The van der Waals surface area contributed by atoms with Gasteiger partial charge < -0.3 is 8.94 Å². The standard InChI is InChI=1S/C19H20N7O2/c1-13-9-15(24-28-13)11-25-6-4-14(5-7-25)16-12-26(20)18(10-21-16)22-19(23-26)17-3-2-8-27-17/h2-4,8-10,12H,5-7,11,20H2,1H3/q+1. The first kappa shape index (κ1) is 17.0. The Balaban J connectivity index is 1.33. The lowest BCUT2D eigenvalue weighted by molar-refractivity contribution is -0.803. The summed E-state index contributed by atoms with van der Waals surface area (Å²) >= 11 is 0. The van der Waals surface area contributed by atoms with Gasteiger partial charge in [-0.25, -0.2) is 4.99 Å². The predicted octanol–water partition coefficient (Wildman–Crippen LogP) is 2.10. The number of aliphatic imine (C=N–C) groups is 2. The Bertz CT molecular complexity index is 1060. The quantitative estimate of drug-likeness (QED) is 0.648. The molecule has 0 aliphatic carbocycles. The summed E-state index contributed by atoms with van der Waals surface area (Å²) in [7, 11) is 0. The van der Waals surface area contributed by atoms with E-state index in [9.17, 15) is 0 Å². The van der Waals surface area contributed by atoms with Crippen molar-refractivity contribution in [1.29, 1.82) is 0 Å². The first-order valence-corrected chi connectivity index (χ1v) is 9.11. The van der Waals surface area contributed by atoms with Crippen molar-refractivity contribution in [2.75, 3.05) is 13.1 Å². The van der Waals surface area contributed by atoms with Gasteiger partial charge in [0.05, 0.1) is 12.0 Å². The third-order valence-corrected chi connectivity index (χ3v) is 4.91. The molecule has 0 radical (unpaired) electrons. The molecule has 142 valence electrons. The Kier molecular flexibility index (Phi) is 3.93. The van der Waals surface area contributed by atoms with Gasteiger partial charge in [0.15, 0.2) is 12.0 Å².